The maximum Gasteiger partial charge on any atom is 0.325 e. The van der Waals surface area contributed by atoms with E-state index in [0.29, 0.717) is 19.4 Å². The Labute approximate surface area is 161 Å². The van der Waals surface area contributed by atoms with E-state index in [-0.39, 0.29) is 24.7 Å². The number of aromatic amines is 2. The van der Waals surface area contributed by atoms with Crippen LogP contribution in [0.25, 0.3) is 0 Å². The van der Waals surface area contributed by atoms with Gasteiger partial charge in [0.2, 0.25) is 15.9 Å². The number of sulfonamides is 1. The number of rotatable bonds is 5. The summed E-state index contributed by atoms with van der Waals surface area (Å²) in [5.41, 5.74) is -0.930. The summed E-state index contributed by atoms with van der Waals surface area (Å²) in [6.45, 7) is 1.83. The van der Waals surface area contributed by atoms with Crippen LogP contribution in [0.4, 0.5) is 0 Å². The average Bonchev–Trinajstić information content (AvgIpc) is 2.66. The number of carbonyl (C=O) groups is 1. The first-order valence-electron chi connectivity index (χ1n) is 8.79. The van der Waals surface area contributed by atoms with Gasteiger partial charge >= 0.3 is 5.69 Å². The van der Waals surface area contributed by atoms with E-state index >= 15 is 0 Å². The van der Waals surface area contributed by atoms with Crippen LogP contribution in [0.15, 0.2) is 39.0 Å². The number of nitrogens with one attached hydrogen (secondary N) is 3. The first-order valence-corrected chi connectivity index (χ1v) is 10.2. The Morgan fingerprint density at radius 2 is 2.14 bits per heavy atom. The maximum atomic E-state index is 12.9. The van der Waals surface area contributed by atoms with Crippen molar-refractivity contribution in [3.8, 4) is 0 Å². The molecule has 0 unspecified atom stereocenters. The number of nitrogens with zero attached hydrogens (tertiary/aromatic N) is 2. The number of piperidine rings is 1. The molecule has 3 rings (SSSR count). The highest BCUT2D eigenvalue weighted by atomic mass is 32.2. The normalized spacial score (nSPS) is 18.0. The first kappa shape index (κ1) is 20.0. The molecule has 1 atom stereocenters. The molecule has 3 heterocycles. The molecule has 1 aliphatic rings. The Balaban J connectivity index is 1.74. The lowest BCUT2D eigenvalue weighted by Gasteiger charge is -2.31. The van der Waals surface area contributed by atoms with Gasteiger partial charge in [-0.2, -0.15) is 4.31 Å². The number of pyridine rings is 1. The minimum absolute atomic E-state index is 0.0286. The third-order valence-corrected chi connectivity index (χ3v) is 6.64. The van der Waals surface area contributed by atoms with E-state index in [2.05, 4.69) is 15.3 Å². The van der Waals surface area contributed by atoms with Crippen molar-refractivity contribution in [2.75, 3.05) is 13.1 Å². The summed E-state index contributed by atoms with van der Waals surface area (Å²) in [5, 5.41) is 2.79. The van der Waals surface area contributed by atoms with Crippen molar-refractivity contribution in [1.29, 1.82) is 0 Å². The molecular weight excluding hydrogens is 386 g/mol. The van der Waals surface area contributed by atoms with Crippen molar-refractivity contribution in [3.63, 3.8) is 0 Å². The Kier molecular flexibility index (Phi) is 5.75. The number of hydrogen-bond donors (Lipinski definition) is 3. The van der Waals surface area contributed by atoms with Crippen LogP contribution in [0.1, 0.15) is 24.1 Å². The lowest BCUT2D eigenvalue weighted by Crippen LogP contribution is -2.46. The maximum absolute atomic E-state index is 12.9. The van der Waals surface area contributed by atoms with E-state index in [0.717, 1.165) is 9.87 Å². The number of amides is 1. The Morgan fingerprint density at radius 1 is 1.36 bits per heavy atom. The van der Waals surface area contributed by atoms with Gasteiger partial charge in [0.1, 0.15) is 0 Å². The Hall–Kier alpha value is -2.79. The SMILES string of the molecule is Cc1[nH]c(=O)[nH]c(=O)c1S(=O)(=O)N1CCC[C@H](C(=O)NCc2cccnc2)C1. The van der Waals surface area contributed by atoms with Crippen molar-refractivity contribution in [3.05, 3.63) is 56.6 Å². The fourth-order valence-corrected chi connectivity index (χ4v) is 4.97. The highest BCUT2D eigenvalue weighted by Crippen LogP contribution is 2.23. The zero-order chi connectivity index (χ0) is 20.3. The fourth-order valence-electron chi connectivity index (χ4n) is 3.24. The van der Waals surface area contributed by atoms with Gasteiger partial charge in [-0.3, -0.25) is 19.6 Å². The number of carbonyl (C=O) groups excluding carboxylic acids is 1. The zero-order valence-corrected chi connectivity index (χ0v) is 16.1. The van der Waals surface area contributed by atoms with Crippen LogP contribution in [0.3, 0.4) is 0 Å². The average molecular weight is 407 g/mol. The standard InChI is InChI=1S/C17H21N5O5S/c1-11-14(16(24)21-17(25)20-11)28(26,27)22-7-3-5-13(10-22)15(23)19-9-12-4-2-6-18-8-12/h2,4,6,8,13H,3,5,7,9-10H2,1H3,(H,19,23)(H2,20,21,24,25)/t13-/m0/s1. The Bertz CT molecular complexity index is 1080. The summed E-state index contributed by atoms with van der Waals surface area (Å²) >= 11 is 0. The molecule has 2 aromatic heterocycles. The molecule has 28 heavy (non-hydrogen) atoms. The van der Waals surface area contributed by atoms with Gasteiger partial charge in [-0.15, -0.1) is 0 Å². The lowest BCUT2D eigenvalue weighted by molar-refractivity contribution is -0.126. The molecule has 0 saturated carbocycles. The summed E-state index contributed by atoms with van der Waals surface area (Å²) < 4.78 is 27.0. The minimum atomic E-state index is -4.14. The molecule has 0 bridgehead atoms. The number of aryl methyl sites for hydroxylation is 1. The summed E-state index contributed by atoms with van der Waals surface area (Å²) in [6, 6.07) is 3.59. The molecule has 1 aliphatic heterocycles. The van der Waals surface area contributed by atoms with Crippen LogP contribution < -0.4 is 16.6 Å². The summed E-state index contributed by atoms with van der Waals surface area (Å²) in [7, 11) is -4.14. The van der Waals surface area contributed by atoms with Gasteiger partial charge in [-0.25, -0.2) is 13.2 Å². The molecule has 1 fully saturated rings. The van der Waals surface area contributed by atoms with E-state index in [1.165, 1.54) is 6.92 Å². The van der Waals surface area contributed by atoms with Crippen molar-refractivity contribution in [2.24, 2.45) is 5.92 Å². The van der Waals surface area contributed by atoms with Crippen LogP contribution in [0, 0.1) is 12.8 Å². The summed E-state index contributed by atoms with van der Waals surface area (Å²) in [5.74, 6) is -0.779. The first-order chi connectivity index (χ1) is 13.3. The van der Waals surface area contributed by atoms with Gasteiger partial charge in [-0.1, -0.05) is 6.07 Å². The lowest BCUT2D eigenvalue weighted by atomic mass is 9.99. The van der Waals surface area contributed by atoms with Crippen molar-refractivity contribution in [1.82, 2.24) is 24.6 Å². The van der Waals surface area contributed by atoms with Crippen LogP contribution >= 0.6 is 0 Å². The van der Waals surface area contributed by atoms with Gasteiger partial charge in [-0.05, 0) is 31.4 Å². The predicted molar refractivity (Wildman–Crippen MR) is 100.0 cm³/mol. The molecule has 0 spiro atoms. The van der Waals surface area contributed by atoms with Crippen LogP contribution in [0.5, 0.6) is 0 Å². The van der Waals surface area contributed by atoms with Crippen LogP contribution in [-0.2, 0) is 21.4 Å². The third kappa shape index (κ3) is 4.20. The molecule has 0 radical (unpaired) electrons. The topological polar surface area (TPSA) is 145 Å². The molecular formula is C17H21N5O5S. The second-order valence-corrected chi connectivity index (χ2v) is 8.52. The van der Waals surface area contributed by atoms with Gasteiger partial charge in [0.15, 0.2) is 4.90 Å². The highest BCUT2D eigenvalue weighted by molar-refractivity contribution is 7.89. The number of H-pyrrole nitrogens is 2. The van der Waals surface area contributed by atoms with Gasteiger partial charge < -0.3 is 10.3 Å². The Morgan fingerprint density at radius 3 is 2.82 bits per heavy atom. The summed E-state index contributed by atoms with van der Waals surface area (Å²) in [4.78, 5) is 43.6. The quantitative estimate of drug-likeness (QED) is 0.608. The molecule has 0 aliphatic carbocycles. The van der Waals surface area contributed by atoms with E-state index in [9.17, 15) is 22.8 Å². The predicted octanol–water partition coefficient (Wildman–Crippen LogP) is -0.516. The molecule has 10 nitrogen and oxygen atoms in total. The second-order valence-electron chi connectivity index (χ2n) is 6.64. The largest absolute Gasteiger partial charge is 0.352 e. The smallest absolute Gasteiger partial charge is 0.325 e. The van der Waals surface area contributed by atoms with Gasteiger partial charge in [0.25, 0.3) is 5.56 Å². The molecule has 150 valence electrons. The van der Waals surface area contributed by atoms with Crippen LogP contribution in [0.2, 0.25) is 0 Å². The highest BCUT2D eigenvalue weighted by Gasteiger charge is 2.35. The molecule has 3 N–H and O–H groups in total. The molecule has 0 aromatic carbocycles. The molecule has 1 amide bonds. The minimum Gasteiger partial charge on any atom is -0.352 e. The number of aromatic nitrogens is 3. The zero-order valence-electron chi connectivity index (χ0n) is 15.3. The van der Waals surface area contributed by atoms with E-state index < -0.39 is 32.1 Å². The van der Waals surface area contributed by atoms with Gasteiger partial charge in [0.05, 0.1) is 5.92 Å². The van der Waals surface area contributed by atoms with Crippen molar-refractivity contribution in [2.45, 2.75) is 31.2 Å². The molecule has 1 saturated heterocycles. The summed E-state index contributed by atoms with van der Waals surface area (Å²) in [6.07, 6.45) is 4.31. The van der Waals surface area contributed by atoms with E-state index in [1.54, 1.807) is 18.5 Å². The van der Waals surface area contributed by atoms with E-state index in [1.807, 2.05) is 11.1 Å². The fraction of sp³-hybridized carbons (Fsp3) is 0.412. The van der Waals surface area contributed by atoms with E-state index in [4.69, 9.17) is 0 Å². The number of hydrogen-bond acceptors (Lipinski definition) is 6. The van der Waals surface area contributed by atoms with Crippen LogP contribution in [-0.4, -0.2) is 46.7 Å². The van der Waals surface area contributed by atoms with Crippen molar-refractivity contribution < 1.29 is 13.2 Å². The third-order valence-electron chi connectivity index (χ3n) is 4.62. The van der Waals surface area contributed by atoms with Gasteiger partial charge in [0, 0.05) is 37.7 Å². The van der Waals surface area contributed by atoms with Crippen molar-refractivity contribution >= 4 is 15.9 Å². The monoisotopic (exact) mass is 407 g/mol. The second kappa shape index (κ2) is 8.07. The molecule has 2 aromatic rings. The molecule has 11 heteroatoms.